The Labute approximate surface area is 122 Å². The van der Waals surface area contributed by atoms with Crippen LogP contribution >= 0.6 is 11.6 Å². The van der Waals surface area contributed by atoms with E-state index in [4.69, 9.17) is 16.3 Å². The van der Waals surface area contributed by atoms with E-state index in [1.165, 1.54) is 7.11 Å². The number of rotatable bonds is 5. The highest BCUT2D eigenvalue weighted by Crippen LogP contribution is 2.18. The van der Waals surface area contributed by atoms with Crippen LogP contribution in [0.25, 0.3) is 0 Å². The van der Waals surface area contributed by atoms with Crippen LogP contribution in [-0.2, 0) is 17.9 Å². The van der Waals surface area contributed by atoms with Crippen LogP contribution in [0.3, 0.4) is 0 Å². The minimum Gasteiger partial charge on any atom is -0.486 e. The lowest BCUT2D eigenvalue weighted by Gasteiger charge is -2.06. The molecule has 0 unspecified atom stereocenters. The highest BCUT2D eigenvalue weighted by molar-refractivity contribution is 6.31. The molecule has 6 heteroatoms. The van der Waals surface area contributed by atoms with Gasteiger partial charge in [-0.25, -0.2) is 4.79 Å². The van der Waals surface area contributed by atoms with E-state index >= 15 is 0 Å². The first-order valence-electron chi connectivity index (χ1n) is 6.15. The molecule has 1 aromatic carbocycles. The molecule has 2 aromatic rings. The number of carbonyl (C=O) groups is 1. The van der Waals surface area contributed by atoms with Crippen LogP contribution in [0.15, 0.2) is 30.6 Å². The third kappa shape index (κ3) is 3.51. The van der Waals surface area contributed by atoms with Crippen molar-refractivity contribution in [1.82, 2.24) is 9.78 Å². The largest absolute Gasteiger partial charge is 0.486 e. The highest BCUT2D eigenvalue weighted by Gasteiger charge is 2.09. The van der Waals surface area contributed by atoms with Crippen molar-refractivity contribution in [2.75, 3.05) is 7.11 Å². The number of hydrogen-bond acceptors (Lipinski definition) is 4. The highest BCUT2D eigenvalue weighted by atomic mass is 35.5. The molecule has 0 radical (unpaired) electrons. The molecule has 0 aliphatic rings. The van der Waals surface area contributed by atoms with Crippen molar-refractivity contribution >= 4 is 17.6 Å². The quantitative estimate of drug-likeness (QED) is 0.796. The van der Waals surface area contributed by atoms with E-state index in [0.29, 0.717) is 22.9 Å². The number of aryl methyl sites for hydroxylation is 1. The Kier molecular flexibility index (Phi) is 4.63. The van der Waals surface area contributed by atoms with Crippen molar-refractivity contribution in [3.05, 3.63) is 46.7 Å². The van der Waals surface area contributed by atoms with Gasteiger partial charge in [-0.05, 0) is 30.7 Å². The molecule has 0 N–H and O–H groups in total. The summed E-state index contributed by atoms with van der Waals surface area (Å²) in [6.45, 7) is 3.09. The van der Waals surface area contributed by atoms with Gasteiger partial charge in [0.15, 0.2) is 5.75 Å². The molecule has 1 aromatic heterocycles. The van der Waals surface area contributed by atoms with Crippen LogP contribution < -0.4 is 4.74 Å². The van der Waals surface area contributed by atoms with Crippen molar-refractivity contribution in [1.29, 1.82) is 0 Å². The fourth-order valence-electron chi connectivity index (χ4n) is 1.73. The van der Waals surface area contributed by atoms with Crippen LogP contribution in [0.2, 0.25) is 5.02 Å². The van der Waals surface area contributed by atoms with E-state index in [2.05, 4.69) is 9.84 Å². The Morgan fingerprint density at radius 2 is 2.20 bits per heavy atom. The van der Waals surface area contributed by atoms with Gasteiger partial charge >= 0.3 is 5.97 Å². The third-order valence-electron chi connectivity index (χ3n) is 2.72. The van der Waals surface area contributed by atoms with Crippen LogP contribution in [0.5, 0.6) is 5.75 Å². The molecule has 0 atom stereocenters. The summed E-state index contributed by atoms with van der Waals surface area (Å²) >= 11 is 5.98. The number of esters is 1. The van der Waals surface area contributed by atoms with Crippen molar-refractivity contribution in [2.45, 2.75) is 20.1 Å². The molecule has 0 aliphatic carbocycles. The van der Waals surface area contributed by atoms with Gasteiger partial charge in [-0.15, -0.1) is 0 Å². The first kappa shape index (κ1) is 14.4. The molecule has 1 heterocycles. The molecule has 0 saturated heterocycles. The molecule has 0 spiro atoms. The lowest BCUT2D eigenvalue weighted by atomic mass is 10.1. The molecule has 0 bridgehead atoms. The second-order valence-corrected chi connectivity index (χ2v) is 4.60. The summed E-state index contributed by atoms with van der Waals surface area (Å²) < 4.78 is 12.1. The number of ether oxygens (including phenoxy) is 2. The molecular formula is C14H15ClN2O3. The molecule has 2 rings (SSSR count). The standard InChI is InChI=1S/C14H15ClN2O3/c1-3-17-8-13(7-16-17)20-9-10-4-11(14(18)19-2)6-12(15)5-10/h4-8H,3,9H2,1-2H3. The van der Waals surface area contributed by atoms with E-state index in [-0.39, 0.29) is 0 Å². The molecule has 0 saturated carbocycles. The predicted octanol–water partition coefficient (Wildman–Crippen LogP) is 2.92. The average Bonchev–Trinajstić information content (AvgIpc) is 2.91. The maximum absolute atomic E-state index is 11.5. The van der Waals surface area contributed by atoms with E-state index in [1.54, 1.807) is 29.1 Å². The lowest BCUT2D eigenvalue weighted by molar-refractivity contribution is 0.0600. The van der Waals surface area contributed by atoms with Crippen LogP contribution in [0.1, 0.15) is 22.8 Å². The van der Waals surface area contributed by atoms with Gasteiger partial charge in [0.05, 0.1) is 25.1 Å². The van der Waals surface area contributed by atoms with E-state index in [9.17, 15) is 4.79 Å². The van der Waals surface area contributed by atoms with E-state index < -0.39 is 5.97 Å². The van der Waals surface area contributed by atoms with Gasteiger partial charge in [0, 0.05) is 11.6 Å². The number of methoxy groups -OCH3 is 1. The Hall–Kier alpha value is -2.01. The van der Waals surface area contributed by atoms with Gasteiger partial charge in [-0.3, -0.25) is 4.68 Å². The summed E-state index contributed by atoms with van der Waals surface area (Å²) in [6, 6.07) is 5.01. The topological polar surface area (TPSA) is 53.4 Å². The minimum absolute atomic E-state index is 0.306. The maximum atomic E-state index is 11.5. The zero-order valence-electron chi connectivity index (χ0n) is 11.3. The maximum Gasteiger partial charge on any atom is 0.337 e. The molecule has 0 amide bonds. The minimum atomic E-state index is -0.424. The monoisotopic (exact) mass is 294 g/mol. The van der Waals surface area contributed by atoms with Crippen molar-refractivity contribution < 1.29 is 14.3 Å². The molecule has 106 valence electrons. The van der Waals surface area contributed by atoms with Crippen molar-refractivity contribution in [3.8, 4) is 5.75 Å². The number of nitrogens with zero attached hydrogens (tertiary/aromatic N) is 2. The fourth-order valence-corrected chi connectivity index (χ4v) is 1.99. The number of halogens is 1. The summed E-state index contributed by atoms with van der Waals surface area (Å²) in [5, 5.41) is 4.58. The summed E-state index contributed by atoms with van der Waals surface area (Å²) in [6.07, 6.45) is 3.46. The van der Waals surface area contributed by atoms with Crippen LogP contribution in [0.4, 0.5) is 0 Å². The second-order valence-electron chi connectivity index (χ2n) is 4.16. The van der Waals surface area contributed by atoms with Crippen molar-refractivity contribution in [2.24, 2.45) is 0 Å². The normalized spacial score (nSPS) is 10.3. The van der Waals surface area contributed by atoms with Gasteiger partial charge in [-0.2, -0.15) is 5.10 Å². The number of aromatic nitrogens is 2. The van der Waals surface area contributed by atoms with Crippen LogP contribution in [-0.4, -0.2) is 22.9 Å². The van der Waals surface area contributed by atoms with Crippen LogP contribution in [0, 0.1) is 0 Å². The zero-order valence-corrected chi connectivity index (χ0v) is 12.1. The molecule has 20 heavy (non-hydrogen) atoms. The van der Waals surface area contributed by atoms with Gasteiger partial charge in [0.25, 0.3) is 0 Å². The summed E-state index contributed by atoms with van der Waals surface area (Å²) in [5.74, 6) is 0.249. The molecular weight excluding hydrogens is 280 g/mol. The molecule has 5 nitrogen and oxygen atoms in total. The Morgan fingerprint density at radius 1 is 1.40 bits per heavy atom. The second kappa shape index (κ2) is 6.43. The zero-order chi connectivity index (χ0) is 14.5. The van der Waals surface area contributed by atoms with Gasteiger partial charge in [0.2, 0.25) is 0 Å². The Balaban J connectivity index is 2.09. The van der Waals surface area contributed by atoms with Crippen molar-refractivity contribution in [3.63, 3.8) is 0 Å². The van der Waals surface area contributed by atoms with E-state index in [0.717, 1.165) is 12.1 Å². The SMILES string of the molecule is CCn1cc(OCc2cc(Cl)cc(C(=O)OC)c2)cn1. The molecule has 0 aliphatic heterocycles. The smallest absolute Gasteiger partial charge is 0.337 e. The number of carbonyl (C=O) groups excluding carboxylic acids is 1. The van der Waals surface area contributed by atoms with Gasteiger partial charge in [-0.1, -0.05) is 11.6 Å². The summed E-state index contributed by atoms with van der Waals surface area (Å²) in [5.41, 5.74) is 1.20. The first-order valence-corrected chi connectivity index (χ1v) is 6.53. The lowest BCUT2D eigenvalue weighted by Crippen LogP contribution is -2.03. The third-order valence-corrected chi connectivity index (χ3v) is 2.94. The number of hydrogen-bond donors (Lipinski definition) is 0. The van der Waals surface area contributed by atoms with Gasteiger partial charge in [0.1, 0.15) is 6.61 Å². The van der Waals surface area contributed by atoms with E-state index in [1.807, 2.05) is 13.1 Å². The Morgan fingerprint density at radius 3 is 2.85 bits per heavy atom. The summed E-state index contributed by atoms with van der Waals surface area (Å²) in [7, 11) is 1.33. The van der Waals surface area contributed by atoms with Gasteiger partial charge < -0.3 is 9.47 Å². The average molecular weight is 295 g/mol. The predicted molar refractivity (Wildman–Crippen MR) is 75.0 cm³/mol. The first-order chi connectivity index (χ1) is 9.62. The Bertz CT molecular complexity index is 610. The fraction of sp³-hybridized carbons (Fsp3) is 0.286. The number of benzene rings is 1. The summed E-state index contributed by atoms with van der Waals surface area (Å²) in [4.78, 5) is 11.5. The molecule has 0 fully saturated rings.